The average Bonchev–Trinajstić information content (AvgIpc) is 2.96. The highest BCUT2D eigenvalue weighted by atomic mass is 16.6. The number of rotatable bonds is 2. The first-order valence-electron chi connectivity index (χ1n) is 7.58. The van der Waals surface area contributed by atoms with Crippen molar-refractivity contribution in [1.82, 2.24) is 4.90 Å². The Labute approximate surface area is 116 Å². The van der Waals surface area contributed by atoms with Crippen LogP contribution in [-0.4, -0.2) is 35.7 Å². The lowest BCUT2D eigenvalue weighted by Crippen LogP contribution is -2.50. The first-order chi connectivity index (χ1) is 8.88. The predicted molar refractivity (Wildman–Crippen MR) is 75.9 cm³/mol. The summed E-state index contributed by atoms with van der Waals surface area (Å²) in [6, 6.07) is 0.287. The molecule has 0 aromatic carbocycles. The van der Waals surface area contributed by atoms with Crippen LogP contribution >= 0.6 is 0 Å². The Kier molecular flexibility index (Phi) is 4.09. The Morgan fingerprint density at radius 1 is 1.32 bits per heavy atom. The molecule has 1 saturated carbocycles. The normalized spacial score (nSPS) is 26.7. The minimum absolute atomic E-state index is 0.146. The Bertz CT molecular complexity index is 330. The molecule has 2 N–H and O–H groups in total. The Morgan fingerprint density at radius 2 is 1.95 bits per heavy atom. The van der Waals surface area contributed by atoms with E-state index in [4.69, 9.17) is 10.5 Å². The minimum atomic E-state index is -0.421. The van der Waals surface area contributed by atoms with Gasteiger partial charge in [-0.15, -0.1) is 0 Å². The van der Waals surface area contributed by atoms with Crippen molar-refractivity contribution in [2.75, 3.05) is 13.1 Å². The number of nitrogens with zero attached hydrogens (tertiary/aromatic N) is 1. The zero-order valence-corrected chi connectivity index (χ0v) is 12.6. The number of hydrogen-bond acceptors (Lipinski definition) is 3. The second kappa shape index (κ2) is 5.31. The van der Waals surface area contributed by atoms with Gasteiger partial charge in [0.15, 0.2) is 0 Å². The molecule has 1 atom stereocenters. The van der Waals surface area contributed by atoms with Crippen molar-refractivity contribution in [1.29, 1.82) is 0 Å². The highest BCUT2D eigenvalue weighted by Crippen LogP contribution is 2.45. The Balaban J connectivity index is 2.10. The van der Waals surface area contributed by atoms with Crippen molar-refractivity contribution in [2.45, 2.75) is 70.9 Å². The molecule has 4 heteroatoms. The quantitative estimate of drug-likeness (QED) is 0.837. The molecule has 1 heterocycles. The Morgan fingerprint density at radius 3 is 2.47 bits per heavy atom. The van der Waals surface area contributed by atoms with Gasteiger partial charge in [-0.25, -0.2) is 4.79 Å². The zero-order chi connectivity index (χ0) is 14.1. The average molecular weight is 268 g/mol. The van der Waals surface area contributed by atoms with Crippen LogP contribution < -0.4 is 5.73 Å². The van der Waals surface area contributed by atoms with Gasteiger partial charge in [-0.1, -0.05) is 12.8 Å². The summed E-state index contributed by atoms with van der Waals surface area (Å²) < 4.78 is 5.55. The van der Waals surface area contributed by atoms with Gasteiger partial charge in [0.1, 0.15) is 5.60 Å². The summed E-state index contributed by atoms with van der Waals surface area (Å²) in [6.07, 6.45) is 6.81. The fourth-order valence-corrected chi connectivity index (χ4v) is 3.70. The highest BCUT2D eigenvalue weighted by Gasteiger charge is 2.47. The van der Waals surface area contributed by atoms with Crippen molar-refractivity contribution < 1.29 is 9.53 Å². The smallest absolute Gasteiger partial charge is 0.410 e. The van der Waals surface area contributed by atoms with Gasteiger partial charge >= 0.3 is 6.09 Å². The zero-order valence-electron chi connectivity index (χ0n) is 12.6. The highest BCUT2D eigenvalue weighted by molar-refractivity contribution is 5.69. The van der Waals surface area contributed by atoms with Gasteiger partial charge in [0.25, 0.3) is 0 Å². The van der Waals surface area contributed by atoms with Crippen LogP contribution in [0.1, 0.15) is 59.3 Å². The van der Waals surface area contributed by atoms with E-state index in [9.17, 15) is 4.79 Å². The summed E-state index contributed by atoms with van der Waals surface area (Å²) in [5.74, 6) is 0. The maximum Gasteiger partial charge on any atom is 0.410 e. The van der Waals surface area contributed by atoms with Crippen LogP contribution in [0.15, 0.2) is 0 Å². The van der Waals surface area contributed by atoms with Crippen LogP contribution in [0, 0.1) is 5.41 Å². The van der Waals surface area contributed by atoms with Crippen LogP contribution in [0.25, 0.3) is 0 Å². The third-order valence-corrected chi connectivity index (χ3v) is 4.59. The van der Waals surface area contributed by atoms with Crippen molar-refractivity contribution in [3.63, 3.8) is 0 Å². The summed E-state index contributed by atoms with van der Waals surface area (Å²) >= 11 is 0. The van der Waals surface area contributed by atoms with E-state index < -0.39 is 5.60 Å². The molecule has 1 unspecified atom stereocenters. The lowest BCUT2D eigenvalue weighted by molar-refractivity contribution is 0.00784. The largest absolute Gasteiger partial charge is 0.444 e. The standard InChI is InChI=1S/C15H28N2O2/c1-14(2,3)19-13(18)17-10-6-7-12(17)15(11-16)8-4-5-9-15/h12H,4-11,16H2,1-3H3. The molecule has 0 radical (unpaired) electrons. The molecular weight excluding hydrogens is 240 g/mol. The Hall–Kier alpha value is -0.770. The molecule has 0 bridgehead atoms. The molecule has 2 aliphatic rings. The van der Waals surface area contributed by atoms with Crippen LogP contribution in [-0.2, 0) is 4.74 Å². The van der Waals surface area contributed by atoms with Gasteiger partial charge in [0.2, 0.25) is 0 Å². The number of ether oxygens (including phenoxy) is 1. The van der Waals surface area contributed by atoms with Crippen LogP contribution in [0.3, 0.4) is 0 Å². The molecule has 1 saturated heterocycles. The molecular formula is C15H28N2O2. The van der Waals surface area contributed by atoms with E-state index in [-0.39, 0.29) is 17.6 Å². The van der Waals surface area contributed by atoms with Crippen LogP contribution in [0.4, 0.5) is 4.79 Å². The molecule has 110 valence electrons. The van der Waals surface area contributed by atoms with Crippen molar-refractivity contribution >= 4 is 6.09 Å². The fourth-order valence-electron chi connectivity index (χ4n) is 3.70. The molecule has 4 nitrogen and oxygen atoms in total. The molecule has 19 heavy (non-hydrogen) atoms. The van der Waals surface area contributed by atoms with Gasteiger partial charge < -0.3 is 15.4 Å². The van der Waals surface area contributed by atoms with E-state index in [0.29, 0.717) is 6.54 Å². The number of hydrogen-bond donors (Lipinski definition) is 1. The summed E-state index contributed by atoms with van der Waals surface area (Å²) in [7, 11) is 0. The van der Waals surface area contributed by atoms with E-state index >= 15 is 0 Å². The molecule has 1 aliphatic carbocycles. The first-order valence-corrected chi connectivity index (χ1v) is 7.58. The van der Waals surface area contributed by atoms with Crippen molar-refractivity contribution in [3.05, 3.63) is 0 Å². The summed E-state index contributed by atoms with van der Waals surface area (Å²) in [4.78, 5) is 14.3. The number of carbonyl (C=O) groups is 1. The summed E-state index contributed by atoms with van der Waals surface area (Å²) in [6.45, 7) is 7.27. The topological polar surface area (TPSA) is 55.6 Å². The van der Waals surface area contributed by atoms with E-state index in [1.165, 1.54) is 12.8 Å². The van der Waals surface area contributed by atoms with Gasteiger partial charge in [-0.05, 0) is 53.0 Å². The molecule has 0 aromatic rings. The summed E-state index contributed by atoms with van der Waals surface area (Å²) in [5, 5.41) is 0. The molecule has 0 spiro atoms. The lowest BCUT2D eigenvalue weighted by Gasteiger charge is -2.40. The number of carbonyl (C=O) groups excluding carboxylic acids is 1. The van der Waals surface area contributed by atoms with Crippen LogP contribution in [0.5, 0.6) is 0 Å². The predicted octanol–water partition coefficient (Wildman–Crippen LogP) is 2.91. The number of likely N-dealkylation sites (tertiary alicyclic amines) is 1. The van der Waals surface area contributed by atoms with E-state index in [1.54, 1.807) is 0 Å². The van der Waals surface area contributed by atoms with Gasteiger partial charge in [0.05, 0.1) is 0 Å². The van der Waals surface area contributed by atoms with Gasteiger partial charge in [-0.3, -0.25) is 0 Å². The van der Waals surface area contributed by atoms with Crippen LogP contribution in [0.2, 0.25) is 0 Å². The van der Waals surface area contributed by atoms with Gasteiger partial charge in [0, 0.05) is 18.0 Å². The minimum Gasteiger partial charge on any atom is -0.444 e. The third kappa shape index (κ3) is 3.04. The van der Waals surface area contributed by atoms with Crippen molar-refractivity contribution in [3.8, 4) is 0 Å². The fraction of sp³-hybridized carbons (Fsp3) is 0.933. The number of nitrogens with two attached hydrogens (primary N) is 1. The number of amides is 1. The molecule has 1 aliphatic heterocycles. The second-order valence-electron chi connectivity index (χ2n) is 7.11. The lowest BCUT2D eigenvalue weighted by atomic mass is 9.77. The van der Waals surface area contributed by atoms with E-state index in [1.807, 2.05) is 25.7 Å². The van der Waals surface area contributed by atoms with Crippen molar-refractivity contribution in [2.24, 2.45) is 11.1 Å². The van der Waals surface area contributed by atoms with E-state index in [0.717, 1.165) is 32.2 Å². The first kappa shape index (κ1) is 14.6. The van der Waals surface area contributed by atoms with E-state index in [2.05, 4.69) is 0 Å². The second-order valence-corrected chi connectivity index (χ2v) is 7.11. The summed E-state index contributed by atoms with van der Waals surface area (Å²) in [5.41, 5.74) is 5.78. The molecule has 2 rings (SSSR count). The maximum atomic E-state index is 12.3. The maximum absolute atomic E-state index is 12.3. The third-order valence-electron chi connectivity index (χ3n) is 4.59. The molecule has 0 aromatic heterocycles. The monoisotopic (exact) mass is 268 g/mol. The SMILES string of the molecule is CC(C)(C)OC(=O)N1CCCC1C1(CN)CCCC1. The molecule has 2 fully saturated rings. The van der Waals surface area contributed by atoms with Gasteiger partial charge in [-0.2, -0.15) is 0 Å². The molecule has 1 amide bonds.